The number of aliphatic hydroxyl groups excluding tert-OH is 4. The van der Waals surface area contributed by atoms with Gasteiger partial charge in [-0.1, -0.05) is 5.21 Å². The Balaban J connectivity index is 2.13. The molecule has 1 aromatic heterocycles. The van der Waals surface area contributed by atoms with Gasteiger partial charge in [-0.2, -0.15) is 13.2 Å². The smallest absolute Gasteiger partial charge is 0.471 e. The van der Waals surface area contributed by atoms with E-state index in [2.05, 4.69) is 10.3 Å². The zero-order valence-corrected chi connectivity index (χ0v) is 13.9. The molecule has 1 aliphatic heterocycles. The van der Waals surface area contributed by atoms with Crippen molar-refractivity contribution < 1.29 is 53.0 Å². The summed E-state index contributed by atoms with van der Waals surface area (Å²) in [6, 6.07) is -1.96. The third-order valence-corrected chi connectivity index (χ3v) is 3.96. The van der Waals surface area contributed by atoms with Crippen LogP contribution in [0.15, 0.2) is 6.20 Å². The Hall–Kier alpha value is -2.33. The van der Waals surface area contributed by atoms with Gasteiger partial charge in [0.05, 0.1) is 18.5 Å². The van der Waals surface area contributed by atoms with Gasteiger partial charge in [-0.25, -0.2) is 9.48 Å². The van der Waals surface area contributed by atoms with Gasteiger partial charge in [-0.3, -0.25) is 4.79 Å². The Morgan fingerprint density at radius 2 is 1.89 bits per heavy atom. The van der Waals surface area contributed by atoms with Crippen molar-refractivity contribution in [3.63, 3.8) is 0 Å². The SMILES string of the molecule is O=C(O)C(Cc1cn([C@@H]2OC(CO)[C@H](O)[C@H](O)C2O)nn1)NC(=O)C(F)(F)F. The number of carboxylic acid groups (broad SMARTS) is 1. The van der Waals surface area contributed by atoms with Crippen molar-refractivity contribution in [2.24, 2.45) is 0 Å². The minimum Gasteiger partial charge on any atom is -0.480 e. The summed E-state index contributed by atoms with van der Waals surface area (Å²) in [7, 11) is 0. The average Bonchev–Trinajstić information content (AvgIpc) is 3.06. The molecule has 15 heteroatoms. The molecular formula is C13H17F3N4O8. The van der Waals surface area contributed by atoms with Crippen molar-refractivity contribution in [3.05, 3.63) is 11.9 Å². The summed E-state index contributed by atoms with van der Waals surface area (Å²) in [4.78, 5) is 22.0. The lowest BCUT2D eigenvalue weighted by Gasteiger charge is -2.39. The number of nitrogens with zero attached hydrogens (tertiary/aromatic N) is 3. The molecule has 2 heterocycles. The van der Waals surface area contributed by atoms with Crippen LogP contribution in [0.2, 0.25) is 0 Å². The number of aliphatic carboxylic acids is 1. The van der Waals surface area contributed by atoms with Crippen LogP contribution in [0.1, 0.15) is 11.9 Å². The number of aliphatic hydroxyl groups is 4. The van der Waals surface area contributed by atoms with Gasteiger partial charge in [-0.15, -0.1) is 5.10 Å². The van der Waals surface area contributed by atoms with Gasteiger partial charge < -0.3 is 35.6 Å². The molecule has 1 amide bonds. The minimum absolute atomic E-state index is 0.174. The monoisotopic (exact) mass is 414 g/mol. The second kappa shape index (κ2) is 8.36. The molecule has 6 atom stereocenters. The fourth-order valence-corrected chi connectivity index (χ4v) is 2.48. The average molecular weight is 414 g/mol. The van der Waals surface area contributed by atoms with Crippen LogP contribution in [0.25, 0.3) is 0 Å². The normalized spacial score (nSPS) is 29.3. The number of carbonyl (C=O) groups is 2. The van der Waals surface area contributed by atoms with E-state index in [4.69, 9.17) is 14.9 Å². The molecule has 0 radical (unpaired) electrons. The molecule has 2 rings (SSSR count). The summed E-state index contributed by atoms with van der Waals surface area (Å²) in [5, 5.41) is 56.0. The van der Waals surface area contributed by atoms with E-state index in [-0.39, 0.29) is 5.69 Å². The molecule has 6 N–H and O–H groups in total. The second-order valence-electron chi connectivity index (χ2n) is 5.98. The number of carboxylic acids is 1. The first-order chi connectivity index (χ1) is 13.0. The molecule has 12 nitrogen and oxygen atoms in total. The Morgan fingerprint density at radius 3 is 2.43 bits per heavy atom. The number of halogens is 3. The first kappa shape index (κ1) is 22.0. The first-order valence-corrected chi connectivity index (χ1v) is 7.77. The zero-order valence-electron chi connectivity index (χ0n) is 13.9. The number of nitrogens with one attached hydrogen (secondary N) is 1. The van der Waals surface area contributed by atoms with Gasteiger partial charge in [0.15, 0.2) is 6.23 Å². The molecule has 0 spiro atoms. The summed E-state index contributed by atoms with van der Waals surface area (Å²) >= 11 is 0. The molecule has 1 aliphatic rings. The maximum Gasteiger partial charge on any atom is 0.471 e. The number of hydrogen-bond acceptors (Lipinski definition) is 9. The van der Waals surface area contributed by atoms with Gasteiger partial charge in [-0.05, 0) is 0 Å². The summed E-state index contributed by atoms with van der Waals surface area (Å²) < 4.78 is 42.9. The lowest BCUT2D eigenvalue weighted by molar-refractivity contribution is -0.254. The Bertz CT molecular complexity index is 712. The van der Waals surface area contributed by atoms with Crippen LogP contribution < -0.4 is 5.32 Å². The zero-order chi connectivity index (χ0) is 21.2. The number of hydrogen-bond donors (Lipinski definition) is 6. The fraction of sp³-hybridized carbons (Fsp3) is 0.692. The van der Waals surface area contributed by atoms with Crippen LogP contribution in [0.4, 0.5) is 13.2 Å². The molecule has 28 heavy (non-hydrogen) atoms. The Labute approximate surface area is 154 Å². The maximum atomic E-state index is 12.3. The predicted octanol–water partition coefficient (Wildman–Crippen LogP) is -3.08. The largest absolute Gasteiger partial charge is 0.480 e. The van der Waals surface area contributed by atoms with E-state index in [0.29, 0.717) is 0 Å². The summed E-state index contributed by atoms with van der Waals surface area (Å²) in [6.45, 7) is -0.701. The Morgan fingerprint density at radius 1 is 1.25 bits per heavy atom. The highest BCUT2D eigenvalue weighted by Gasteiger charge is 2.45. The van der Waals surface area contributed by atoms with E-state index in [1.165, 1.54) is 5.32 Å². The number of rotatable bonds is 6. The van der Waals surface area contributed by atoms with Crippen molar-refractivity contribution in [2.75, 3.05) is 6.61 Å². The topological polar surface area (TPSA) is 187 Å². The Kier molecular flexibility index (Phi) is 6.56. The van der Waals surface area contributed by atoms with E-state index in [0.717, 1.165) is 10.9 Å². The molecule has 158 valence electrons. The van der Waals surface area contributed by atoms with Crippen molar-refractivity contribution in [1.82, 2.24) is 20.3 Å². The quantitative estimate of drug-likeness (QED) is 0.279. The van der Waals surface area contributed by atoms with E-state index < -0.39 is 67.8 Å². The standard InChI is InChI=1S/C13H17F3N4O8/c14-13(15,16)12(27)17-5(11(25)26)1-4-2-20(19-18-4)10-9(24)8(23)7(22)6(3-21)28-10/h2,5-10,21-24H,1,3H2,(H,17,27)(H,25,26)/t5?,6?,7-,8-,9?,10+/m0/s1. The van der Waals surface area contributed by atoms with E-state index in [1.807, 2.05) is 0 Å². The van der Waals surface area contributed by atoms with Gasteiger partial charge in [0, 0.05) is 6.42 Å². The summed E-state index contributed by atoms with van der Waals surface area (Å²) in [5.41, 5.74) is -0.174. The molecule has 0 bridgehead atoms. The molecular weight excluding hydrogens is 397 g/mol. The molecule has 1 fully saturated rings. The summed E-state index contributed by atoms with van der Waals surface area (Å²) in [6.07, 6.45) is -12.6. The molecule has 3 unspecified atom stereocenters. The molecule has 0 aromatic carbocycles. The van der Waals surface area contributed by atoms with E-state index in [9.17, 15) is 38.1 Å². The van der Waals surface area contributed by atoms with Gasteiger partial charge in [0.25, 0.3) is 0 Å². The van der Waals surface area contributed by atoms with E-state index in [1.54, 1.807) is 0 Å². The van der Waals surface area contributed by atoms with Crippen LogP contribution in [-0.2, 0) is 20.7 Å². The van der Waals surface area contributed by atoms with Crippen molar-refractivity contribution in [3.8, 4) is 0 Å². The number of amides is 1. The lowest BCUT2D eigenvalue weighted by Crippen LogP contribution is -2.56. The lowest BCUT2D eigenvalue weighted by atomic mass is 9.98. The highest BCUT2D eigenvalue weighted by molar-refractivity contribution is 5.87. The number of alkyl halides is 3. The maximum absolute atomic E-state index is 12.3. The summed E-state index contributed by atoms with van der Waals surface area (Å²) in [5.74, 6) is -4.19. The molecule has 0 aliphatic carbocycles. The number of carbonyl (C=O) groups excluding carboxylic acids is 1. The van der Waals surface area contributed by atoms with Crippen LogP contribution in [0, 0.1) is 0 Å². The predicted molar refractivity (Wildman–Crippen MR) is 78.4 cm³/mol. The molecule has 1 aromatic rings. The van der Waals surface area contributed by atoms with Crippen molar-refractivity contribution in [1.29, 1.82) is 0 Å². The van der Waals surface area contributed by atoms with Gasteiger partial charge in [0.1, 0.15) is 30.5 Å². The highest BCUT2D eigenvalue weighted by atomic mass is 19.4. The number of aromatic nitrogens is 3. The van der Waals surface area contributed by atoms with Gasteiger partial charge >= 0.3 is 18.1 Å². The first-order valence-electron chi connectivity index (χ1n) is 7.77. The van der Waals surface area contributed by atoms with Crippen molar-refractivity contribution >= 4 is 11.9 Å². The second-order valence-corrected chi connectivity index (χ2v) is 5.98. The third kappa shape index (κ3) is 4.74. The van der Waals surface area contributed by atoms with Crippen LogP contribution >= 0.6 is 0 Å². The highest BCUT2D eigenvalue weighted by Crippen LogP contribution is 2.27. The van der Waals surface area contributed by atoms with Crippen molar-refractivity contribution in [2.45, 2.75) is 49.3 Å². The van der Waals surface area contributed by atoms with Crippen LogP contribution in [-0.4, -0.2) is 95.6 Å². The fourth-order valence-electron chi connectivity index (χ4n) is 2.48. The van der Waals surface area contributed by atoms with Gasteiger partial charge in [0.2, 0.25) is 0 Å². The van der Waals surface area contributed by atoms with Crippen LogP contribution in [0.3, 0.4) is 0 Å². The molecule has 1 saturated heterocycles. The number of ether oxygens (including phenoxy) is 1. The third-order valence-electron chi connectivity index (χ3n) is 3.96. The van der Waals surface area contributed by atoms with Crippen LogP contribution in [0.5, 0.6) is 0 Å². The molecule has 0 saturated carbocycles. The van der Waals surface area contributed by atoms with E-state index >= 15 is 0 Å². The minimum atomic E-state index is -5.28.